The van der Waals surface area contributed by atoms with Crippen molar-refractivity contribution >= 4 is 27.1 Å². The molecule has 0 aliphatic heterocycles. The lowest BCUT2D eigenvalue weighted by Crippen LogP contribution is -2.28. The lowest BCUT2D eigenvalue weighted by Gasteiger charge is -2.23. The predicted octanol–water partition coefficient (Wildman–Crippen LogP) is 2.32. The van der Waals surface area contributed by atoms with E-state index in [1.165, 1.54) is 6.26 Å². The van der Waals surface area contributed by atoms with Gasteiger partial charge in [-0.25, -0.2) is 8.42 Å². The number of nitrogens with zero attached hydrogens (tertiary/aromatic N) is 1. The molecule has 0 saturated heterocycles. The zero-order valence-electron chi connectivity index (χ0n) is 12.5. The topological polar surface area (TPSA) is 49.4 Å². The first-order chi connectivity index (χ1) is 9.19. The fourth-order valence-corrected chi connectivity index (χ4v) is 2.55. The molecule has 0 fully saturated rings. The minimum atomic E-state index is -2.97. The van der Waals surface area contributed by atoms with Crippen LogP contribution in [0.5, 0.6) is 0 Å². The van der Waals surface area contributed by atoms with Gasteiger partial charge in [-0.3, -0.25) is 0 Å². The second-order valence-corrected chi connectivity index (χ2v) is 8.06. The molecule has 114 valence electrons. The van der Waals surface area contributed by atoms with Crippen molar-refractivity contribution < 1.29 is 8.42 Å². The third-order valence-corrected chi connectivity index (χ3v) is 4.12. The van der Waals surface area contributed by atoms with Gasteiger partial charge in [-0.1, -0.05) is 31.5 Å². The number of rotatable bonds is 7. The molecule has 0 saturated carbocycles. The van der Waals surface area contributed by atoms with Crippen LogP contribution in [0.15, 0.2) is 18.2 Å². The van der Waals surface area contributed by atoms with E-state index in [9.17, 15) is 8.42 Å². The van der Waals surface area contributed by atoms with E-state index in [0.29, 0.717) is 17.6 Å². The molecule has 1 rings (SSSR count). The van der Waals surface area contributed by atoms with Crippen LogP contribution in [0.2, 0.25) is 5.02 Å². The van der Waals surface area contributed by atoms with Crippen LogP contribution >= 0.6 is 11.6 Å². The first-order valence-electron chi connectivity index (χ1n) is 6.59. The number of sulfone groups is 1. The monoisotopic (exact) mass is 318 g/mol. The fraction of sp³-hybridized carbons (Fsp3) is 0.571. The lowest BCUT2D eigenvalue weighted by atomic mass is 10.1. The minimum Gasteiger partial charge on any atom is -0.373 e. The highest BCUT2D eigenvalue weighted by atomic mass is 35.5. The number of benzene rings is 1. The molecule has 0 unspecified atom stereocenters. The summed E-state index contributed by atoms with van der Waals surface area (Å²) >= 11 is 6.05. The standard InChI is InChI=1S/C14H23ClN2O2S/c1-11(2)16-10-12-5-6-13(15)9-14(12)17(3)7-8-20(4,18)19/h5-6,9,11,16H,7-8,10H2,1-4H3. The van der Waals surface area contributed by atoms with E-state index < -0.39 is 9.84 Å². The van der Waals surface area contributed by atoms with Gasteiger partial charge in [-0.2, -0.15) is 0 Å². The van der Waals surface area contributed by atoms with Crippen LogP contribution in [0.1, 0.15) is 19.4 Å². The number of hydrogen-bond acceptors (Lipinski definition) is 4. The van der Waals surface area contributed by atoms with Crippen molar-refractivity contribution in [1.29, 1.82) is 0 Å². The molecule has 1 aromatic rings. The summed E-state index contributed by atoms with van der Waals surface area (Å²) in [5.41, 5.74) is 2.08. The van der Waals surface area contributed by atoms with Crippen LogP contribution in [0.25, 0.3) is 0 Å². The number of nitrogens with one attached hydrogen (secondary N) is 1. The summed E-state index contributed by atoms with van der Waals surface area (Å²) in [6.07, 6.45) is 1.25. The van der Waals surface area contributed by atoms with Crippen molar-refractivity contribution in [1.82, 2.24) is 5.32 Å². The Kier molecular flexibility index (Phi) is 6.30. The Morgan fingerprint density at radius 3 is 2.55 bits per heavy atom. The predicted molar refractivity (Wildman–Crippen MR) is 86.4 cm³/mol. The molecule has 1 N–H and O–H groups in total. The van der Waals surface area contributed by atoms with Gasteiger partial charge in [0.15, 0.2) is 0 Å². The van der Waals surface area contributed by atoms with Crippen LogP contribution in [0.4, 0.5) is 5.69 Å². The average Bonchev–Trinajstić information content (AvgIpc) is 2.33. The molecule has 0 aromatic heterocycles. The highest BCUT2D eigenvalue weighted by Crippen LogP contribution is 2.24. The quantitative estimate of drug-likeness (QED) is 0.838. The fourth-order valence-electron chi connectivity index (χ4n) is 1.78. The first-order valence-corrected chi connectivity index (χ1v) is 9.03. The summed E-state index contributed by atoms with van der Waals surface area (Å²) in [6, 6.07) is 6.10. The smallest absolute Gasteiger partial charge is 0.149 e. The Bertz CT molecular complexity index is 544. The second-order valence-electron chi connectivity index (χ2n) is 5.36. The summed E-state index contributed by atoms with van der Waals surface area (Å²) in [5, 5.41) is 4.01. The van der Waals surface area contributed by atoms with E-state index >= 15 is 0 Å². The van der Waals surface area contributed by atoms with Crippen LogP contribution in [0.3, 0.4) is 0 Å². The number of anilines is 1. The summed E-state index contributed by atoms with van der Waals surface area (Å²) in [7, 11) is -1.08. The van der Waals surface area contributed by atoms with Gasteiger partial charge in [-0.05, 0) is 17.7 Å². The highest BCUT2D eigenvalue weighted by molar-refractivity contribution is 7.90. The maximum Gasteiger partial charge on any atom is 0.149 e. The van der Waals surface area contributed by atoms with Gasteiger partial charge >= 0.3 is 0 Å². The van der Waals surface area contributed by atoms with Crippen molar-refractivity contribution in [3.05, 3.63) is 28.8 Å². The summed E-state index contributed by atoms with van der Waals surface area (Å²) in [5.74, 6) is 0.132. The van der Waals surface area contributed by atoms with Gasteiger partial charge in [0.1, 0.15) is 9.84 Å². The highest BCUT2D eigenvalue weighted by Gasteiger charge is 2.11. The summed E-state index contributed by atoms with van der Waals surface area (Å²) < 4.78 is 22.5. The van der Waals surface area contributed by atoms with E-state index in [1.807, 2.05) is 30.1 Å². The Balaban J connectivity index is 2.87. The Hall–Kier alpha value is -0.780. The third-order valence-electron chi connectivity index (χ3n) is 2.96. The van der Waals surface area contributed by atoms with Crippen LogP contribution < -0.4 is 10.2 Å². The molecule has 0 radical (unpaired) electrons. The molecule has 0 heterocycles. The molecular weight excluding hydrogens is 296 g/mol. The molecule has 0 atom stereocenters. The second kappa shape index (κ2) is 7.29. The molecule has 1 aromatic carbocycles. The van der Waals surface area contributed by atoms with Gasteiger partial charge in [0.25, 0.3) is 0 Å². The molecular formula is C14H23ClN2O2S. The molecule has 20 heavy (non-hydrogen) atoms. The van der Waals surface area contributed by atoms with E-state index in [4.69, 9.17) is 11.6 Å². The van der Waals surface area contributed by atoms with Gasteiger partial charge in [0.05, 0.1) is 5.75 Å². The molecule has 0 aliphatic carbocycles. The number of hydrogen-bond donors (Lipinski definition) is 1. The maximum absolute atomic E-state index is 11.3. The maximum atomic E-state index is 11.3. The average molecular weight is 319 g/mol. The Morgan fingerprint density at radius 1 is 1.35 bits per heavy atom. The van der Waals surface area contributed by atoms with Crippen molar-refractivity contribution in [2.45, 2.75) is 26.4 Å². The third kappa shape index (κ3) is 6.11. The van der Waals surface area contributed by atoms with Crippen molar-refractivity contribution in [2.75, 3.05) is 30.5 Å². The van der Waals surface area contributed by atoms with Crippen LogP contribution in [0, 0.1) is 0 Å². The lowest BCUT2D eigenvalue weighted by molar-refractivity contribution is 0.588. The summed E-state index contributed by atoms with van der Waals surface area (Å²) in [4.78, 5) is 1.93. The number of halogens is 1. The van der Waals surface area contributed by atoms with E-state index in [0.717, 1.165) is 17.8 Å². The van der Waals surface area contributed by atoms with Gasteiger partial charge in [0, 0.05) is 43.1 Å². The van der Waals surface area contributed by atoms with E-state index in [1.54, 1.807) is 0 Å². The molecule has 4 nitrogen and oxygen atoms in total. The Morgan fingerprint density at radius 2 is 2.00 bits per heavy atom. The zero-order valence-corrected chi connectivity index (χ0v) is 14.1. The van der Waals surface area contributed by atoms with Crippen LogP contribution in [-0.4, -0.2) is 40.1 Å². The van der Waals surface area contributed by atoms with Crippen molar-refractivity contribution in [3.63, 3.8) is 0 Å². The van der Waals surface area contributed by atoms with Crippen molar-refractivity contribution in [3.8, 4) is 0 Å². The van der Waals surface area contributed by atoms with E-state index in [2.05, 4.69) is 19.2 Å². The van der Waals surface area contributed by atoms with Gasteiger partial charge in [0.2, 0.25) is 0 Å². The van der Waals surface area contributed by atoms with Gasteiger partial charge in [-0.15, -0.1) is 0 Å². The normalized spacial score (nSPS) is 11.9. The van der Waals surface area contributed by atoms with Crippen LogP contribution in [-0.2, 0) is 16.4 Å². The molecule has 0 aliphatic rings. The molecule has 6 heteroatoms. The zero-order chi connectivity index (χ0) is 15.3. The molecule has 0 amide bonds. The van der Waals surface area contributed by atoms with E-state index in [-0.39, 0.29) is 5.75 Å². The first kappa shape index (κ1) is 17.3. The largest absolute Gasteiger partial charge is 0.373 e. The molecule has 0 bridgehead atoms. The molecule has 0 spiro atoms. The SMILES string of the molecule is CC(C)NCc1ccc(Cl)cc1N(C)CCS(C)(=O)=O. The van der Waals surface area contributed by atoms with Gasteiger partial charge < -0.3 is 10.2 Å². The van der Waals surface area contributed by atoms with Crippen molar-refractivity contribution in [2.24, 2.45) is 0 Å². The Labute approximate surface area is 127 Å². The summed E-state index contributed by atoms with van der Waals surface area (Å²) in [6.45, 7) is 5.35. The minimum absolute atomic E-state index is 0.132.